The molecule has 0 rings (SSSR count). The van der Waals surface area contributed by atoms with Gasteiger partial charge in [0.05, 0.1) is 6.61 Å². The summed E-state index contributed by atoms with van der Waals surface area (Å²) in [5, 5.41) is 2.57. The van der Waals surface area contributed by atoms with Crippen LogP contribution >= 0.6 is 0 Å². The summed E-state index contributed by atoms with van der Waals surface area (Å²) in [6, 6.07) is -0.686. The van der Waals surface area contributed by atoms with Gasteiger partial charge < -0.3 is 14.8 Å². The van der Waals surface area contributed by atoms with Crippen molar-refractivity contribution in [3.63, 3.8) is 0 Å². The topological polar surface area (TPSA) is 64.6 Å². The second-order valence-electron chi connectivity index (χ2n) is 8.87. The summed E-state index contributed by atoms with van der Waals surface area (Å²) in [6.45, 7) is 10.0. The number of carbonyl (C=O) groups is 2. The Hall–Kier alpha value is -1.52. The first-order valence-electron chi connectivity index (χ1n) is 12.7. The highest BCUT2D eigenvalue weighted by atomic mass is 16.6. The molecule has 0 aromatic carbocycles. The number of amides is 1. The number of esters is 1. The van der Waals surface area contributed by atoms with Gasteiger partial charge in [-0.15, -0.1) is 0 Å². The number of ether oxygens (including phenoxy) is 2. The Labute approximate surface area is 191 Å². The minimum Gasteiger partial charge on any atom is -0.464 e. The predicted molar refractivity (Wildman–Crippen MR) is 129 cm³/mol. The largest absolute Gasteiger partial charge is 0.464 e. The monoisotopic (exact) mass is 439 g/mol. The Morgan fingerprint density at radius 3 is 1.65 bits per heavy atom. The van der Waals surface area contributed by atoms with Crippen LogP contribution in [0.2, 0.25) is 0 Å². The van der Waals surface area contributed by atoms with Crippen LogP contribution in [-0.2, 0) is 14.3 Å². The molecule has 1 unspecified atom stereocenters. The van der Waals surface area contributed by atoms with E-state index in [0.717, 1.165) is 12.8 Å². The Bertz CT molecular complexity index is 451. The summed E-state index contributed by atoms with van der Waals surface area (Å²) in [6.07, 6.45) is 20.4. The summed E-state index contributed by atoms with van der Waals surface area (Å²) < 4.78 is 10.2. The van der Waals surface area contributed by atoms with Gasteiger partial charge in [0, 0.05) is 0 Å². The van der Waals surface area contributed by atoms with E-state index in [0.29, 0.717) is 6.61 Å². The van der Waals surface area contributed by atoms with Crippen LogP contribution in [0.4, 0.5) is 4.79 Å². The summed E-state index contributed by atoms with van der Waals surface area (Å²) >= 11 is 0. The number of hydrogen-bond acceptors (Lipinski definition) is 4. The Morgan fingerprint density at radius 1 is 0.774 bits per heavy atom. The third kappa shape index (κ3) is 18.9. The van der Waals surface area contributed by atoms with Crippen molar-refractivity contribution in [3.05, 3.63) is 12.7 Å². The number of alkyl carbamates (subject to hydrolysis) is 1. The third-order valence-corrected chi connectivity index (χ3v) is 5.52. The van der Waals surface area contributed by atoms with Crippen molar-refractivity contribution in [1.29, 1.82) is 0 Å². The van der Waals surface area contributed by atoms with E-state index in [1.165, 1.54) is 89.5 Å². The highest BCUT2D eigenvalue weighted by Crippen LogP contribution is 2.13. The zero-order valence-corrected chi connectivity index (χ0v) is 20.6. The SMILES string of the molecule is C=CCOC(=O)NC(C(=O)OCCCCCCCCCCCCCCCCC)C(C)C. The molecule has 0 spiro atoms. The fourth-order valence-corrected chi connectivity index (χ4v) is 3.54. The standard InChI is InChI=1S/C26H49NO4/c1-5-7-8-9-10-11-12-13-14-15-16-17-18-19-20-22-30-25(28)24(23(3)4)27-26(29)31-21-6-2/h6,23-24H,2,5,7-22H2,1,3-4H3,(H,27,29). The number of nitrogens with one attached hydrogen (secondary N) is 1. The van der Waals surface area contributed by atoms with Gasteiger partial charge in [0.1, 0.15) is 12.6 Å². The highest BCUT2D eigenvalue weighted by molar-refractivity contribution is 5.81. The molecule has 0 saturated carbocycles. The molecule has 0 bridgehead atoms. The van der Waals surface area contributed by atoms with E-state index >= 15 is 0 Å². The van der Waals surface area contributed by atoms with Gasteiger partial charge in [-0.2, -0.15) is 0 Å². The average molecular weight is 440 g/mol. The lowest BCUT2D eigenvalue weighted by molar-refractivity contribution is -0.147. The van der Waals surface area contributed by atoms with Gasteiger partial charge >= 0.3 is 12.1 Å². The van der Waals surface area contributed by atoms with Crippen molar-refractivity contribution in [2.24, 2.45) is 5.92 Å². The van der Waals surface area contributed by atoms with E-state index in [-0.39, 0.29) is 12.5 Å². The molecule has 0 heterocycles. The number of hydrogen-bond donors (Lipinski definition) is 1. The van der Waals surface area contributed by atoms with E-state index in [1.54, 1.807) is 0 Å². The van der Waals surface area contributed by atoms with Gasteiger partial charge in [-0.3, -0.25) is 0 Å². The van der Waals surface area contributed by atoms with Crippen LogP contribution in [0.15, 0.2) is 12.7 Å². The smallest absolute Gasteiger partial charge is 0.408 e. The van der Waals surface area contributed by atoms with Crippen LogP contribution in [-0.4, -0.2) is 31.3 Å². The molecule has 0 radical (unpaired) electrons. The Morgan fingerprint density at radius 2 is 1.23 bits per heavy atom. The zero-order valence-electron chi connectivity index (χ0n) is 20.6. The van der Waals surface area contributed by atoms with E-state index in [1.807, 2.05) is 13.8 Å². The predicted octanol–water partition coefficient (Wildman–Crippen LogP) is 7.34. The van der Waals surface area contributed by atoms with Crippen LogP contribution < -0.4 is 5.32 Å². The maximum atomic E-state index is 12.2. The second-order valence-corrected chi connectivity index (χ2v) is 8.87. The van der Waals surface area contributed by atoms with Crippen LogP contribution in [0.5, 0.6) is 0 Å². The molecule has 5 nitrogen and oxygen atoms in total. The molecule has 5 heteroatoms. The lowest BCUT2D eigenvalue weighted by Crippen LogP contribution is -2.45. The molecule has 0 aromatic heterocycles. The zero-order chi connectivity index (χ0) is 23.2. The molecule has 1 N–H and O–H groups in total. The fourth-order valence-electron chi connectivity index (χ4n) is 3.54. The van der Waals surface area contributed by atoms with Gasteiger partial charge in [-0.1, -0.05) is 123 Å². The molecule has 0 aromatic rings. The second kappa shape index (κ2) is 21.7. The number of carbonyl (C=O) groups excluding carboxylic acids is 2. The van der Waals surface area contributed by atoms with Crippen LogP contribution in [0, 0.1) is 5.92 Å². The minimum absolute atomic E-state index is 0.0650. The lowest BCUT2D eigenvalue weighted by Gasteiger charge is -2.20. The van der Waals surface area contributed by atoms with Gasteiger partial charge in [-0.25, -0.2) is 9.59 Å². The van der Waals surface area contributed by atoms with Gasteiger partial charge in [0.2, 0.25) is 0 Å². The summed E-state index contributed by atoms with van der Waals surface area (Å²) in [4.78, 5) is 23.9. The first-order valence-corrected chi connectivity index (χ1v) is 12.7. The van der Waals surface area contributed by atoms with Crippen molar-refractivity contribution >= 4 is 12.1 Å². The highest BCUT2D eigenvalue weighted by Gasteiger charge is 2.26. The van der Waals surface area contributed by atoms with Crippen molar-refractivity contribution in [1.82, 2.24) is 5.32 Å². The number of rotatable bonds is 21. The molecule has 0 aliphatic carbocycles. The van der Waals surface area contributed by atoms with Gasteiger partial charge in [0.15, 0.2) is 0 Å². The summed E-state index contributed by atoms with van der Waals surface area (Å²) in [5.74, 6) is -0.458. The summed E-state index contributed by atoms with van der Waals surface area (Å²) in [7, 11) is 0. The van der Waals surface area contributed by atoms with Crippen LogP contribution in [0.3, 0.4) is 0 Å². The van der Waals surface area contributed by atoms with E-state index in [4.69, 9.17) is 9.47 Å². The quantitative estimate of drug-likeness (QED) is 0.115. The third-order valence-electron chi connectivity index (χ3n) is 5.52. The molecule has 182 valence electrons. The number of unbranched alkanes of at least 4 members (excludes halogenated alkanes) is 14. The average Bonchev–Trinajstić information content (AvgIpc) is 2.75. The molecule has 31 heavy (non-hydrogen) atoms. The first kappa shape index (κ1) is 29.5. The van der Waals surface area contributed by atoms with Crippen LogP contribution in [0.1, 0.15) is 117 Å². The van der Waals surface area contributed by atoms with Crippen molar-refractivity contribution in [2.75, 3.05) is 13.2 Å². The molecule has 0 saturated heterocycles. The van der Waals surface area contributed by atoms with E-state index in [2.05, 4.69) is 18.8 Å². The fraction of sp³-hybridized carbons (Fsp3) is 0.846. The van der Waals surface area contributed by atoms with Crippen molar-refractivity contribution < 1.29 is 19.1 Å². The van der Waals surface area contributed by atoms with Crippen LogP contribution in [0.25, 0.3) is 0 Å². The van der Waals surface area contributed by atoms with Crippen molar-refractivity contribution in [2.45, 2.75) is 123 Å². The Kier molecular flexibility index (Phi) is 20.6. The lowest BCUT2D eigenvalue weighted by atomic mass is 10.0. The van der Waals surface area contributed by atoms with Gasteiger partial charge in [-0.05, 0) is 12.3 Å². The summed E-state index contributed by atoms with van der Waals surface area (Å²) in [5.41, 5.74) is 0. The van der Waals surface area contributed by atoms with Gasteiger partial charge in [0.25, 0.3) is 0 Å². The Balaban J connectivity index is 3.56. The molecule has 1 atom stereocenters. The maximum Gasteiger partial charge on any atom is 0.408 e. The van der Waals surface area contributed by atoms with Crippen molar-refractivity contribution in [3.8, 4) is 0 Å². The molecule has 0 aliphatic heterocycles. The molecular weight excluding hydrogens is 390 g/mol. The maximum absolute atomic E-state index is 12.2. The van der Waals surface area contributed by atoms with E-state index < -0.39 is 18.1 Å². The minimum atomic E-state index is -0.686. The molecule has 0 aliphatic rings. The molecule has 0 fully saturated rings. The normalized spacial score (nSPS) is 11.9. The molecular formula is C26H49NO4. The molecule has 1 amide bonds. The first-order chi connectivity index (χ1) is 15.0. The van der Waals surface area contributed by atoms with E-state index in [9.17, 15) is 9.59 Å².